The smallest absolute Gasteiger partial charge is 0.243 e. The summed E-state index contributed by atoms with van der Waals surface area (Å²) in [5.74, 6) is 1.96. The van der Waals surface area contributed by atoms with Gasteiger partial charge < -0.3 is 15.0 Å². The van der Waals surface area contributed by atoms with Crippen molar-refractivity contribution in [3.05, 3.63) is 41.5 Å². The minimum atomic E-state index is -0.177. The van der Waals surface area contributed by atoms with Gasteiger partial charge in [-0.2, -0.15) is 4.98 Å². The Hall–Kier alpha value is -1.88. The Morgan fingerprint density at radius 3 is 2.89 bits per heavy atom. The first-order chi connectivity index (χ1) is 9.24. The summed E-state index contributed by atoms with van der Waals surface area (Å²) >= 11 is 0. The standard InChI is InChI=1S/C14H19N3O2/c1-3-6-11(15)14-16-13(17-19-14)9-10-7-4-5-8-12(10)18-2/h4-5,7-8,11H,3,6,9,15H2,1-2H3/t11-/m0/s1. The van der Waals surface area contributed by atoms with E-state index in [0.717, 1.165) is 24.2 Å². The van der Waals surface area contributed by atoms with Gasteiger partial charge in [-0.25, -0.2) is 0 Å². The average molecular weight is 261 g/mol. The van der Waals surface area contributed by atoms with Crippen LogP contribution in [0.3, 0.4) is 0 Å². The molecule has 5 nitrogen and oxygen atoms in total. The van der Waals surface area contributed by atoms with E-state index in [2.05, 4.69) is 17.1 Å². The Balaban J connectivity index is 2.11. The van der Waals surface area contributed by atoms with Crippen molar-refractivity contribution in [1.29, 1.82) is 0 Å². The lowest BCUT2D eigenvalue weighted by Crippen LogP contribution is -2.10. The highest BCUT2D eigenvalue weighted by atomic mass is 16.5. The number of methoxy groups -OCH3 is 1. The molecule has 0 radical (unpaired) electrons. The van der Waals surface area contributed by atoms with E-state index in [-0.39, 0.29) is 6.04 Å². The van der Waals surface area contributed by atoms with Crippen LogP contribution in [0.5, 0.6) is 5.75 Å². The summed E-state index contributed by atoms with van der Waals surface area (Å²) in [6, 6.07) is 7.62. The third kappa shape index (κ3) is 3.32. The maximum atomic E-state index is 5.95. The van der Waals surface area contributed by atoms with Crippen LogP contribution in [-0.2, 0) is 6.42 Å². The maximum Gasteiger partial charge on any atom is 0.243 e. The first-order valence-corrected chi connectivity index (χ1v) is 6.44. The monoisotopic (exact) mass is 261 g/mol. The zero-order valence-electron chi connectivity index (χ0n) is 11.3. The number of nitrogens with zero attached hydrogens (tertiary/aromatic N) is 2. The van der Waals surface area contributed by atoms with Gasteiger partial charge in [0.2, 0.25) is 5.89 Å². The molecule has 0 bridgehead atoms. The Kier molecular flexibility index (Phi) is 4.52. The molecule has 102 valence electrons. The van der Waals surface area contributed by atoms with Gasteiger partial charge >= 0.3 is 0 Å². The lowest BCUT2D eigenvalue weighted by atomic mass is 10.1. The molecule has 0 aliphatic carbocycles. The van der Waals surface area contributed by atoms with Crippen LogP contribution < -0.4 is 10.5 Å². The van der Waals surface area contributed by atoms with Gasteiger partial charge in [0.05, 0.1) is 13.2 Å². The van der Waals surface area contributed by atoms with Crippen LogP contribution in [-0.4, -0.2) is 17.3 Å². The number of benzene rings is 1. The van der Waals surface area contributed by atoms with Crippen LogP contribution in [0.2, 0.25) is 0 Å². The van der Waals surface area contributed by atoms with Crippen molar-refractivity contribution >= 4 is 0 Å². The Morgan fingerprint density at radius 2 is 2.16 bits per heavy atom. The van der Waals surface area contributed by atoms with E-state index in [9.17, 15) is 0 Å². The van der Waals surface area contributed by atoms with Gasteiger partial charge in [-0.3, -0.25) is 0 Å². The number of para-hydroxylation sites is 1. The fourth-order valence-corrected chi connectivity index (χ4v) is 1.94. The normalized spacial score (nSPS) is 12.4. The predicted molar refractivity (Wildman–Crippen MR) is 71.9 cm³/mol. The molecule has 0 saturated carbocycles. The van der Waals surface area contributed by atoms with Crippen molar-refractivity contribution in [2.45, 2.75) is 32.2 Å². The average Bonchev–Trinajstić information content (AvgIpc) is 2.88. The van der Waals surface area contributed by atoms with Gasteiger partial charge in [0.25, 0.3) is 0 Å². The SMILES string of the molecule is CCC[C@H](N)c1nc(Cc2ccccc2OC)no1. The Bertz CT molecular complexity index is 525. The molecule has 1 heterocycles. The zero-order chi connectivity index (χ0) is 13.7. The fourth-order valence-electron chi connectivity index (χ4n) is 1.94. The number of hydrogen-bond donors (Lipinski definition) is 1. The first-order valence-electron chi connectivity index (χ1n) is 6.44. The molecule has 1 aromatic heterocycles. The highest BCUT2D eigenvalue weighted by molar-refractivity contribution is 5.35. The number of rotatable bonds is 6. The van der Waals surface area contributed by atoms with Gasteiger partial charge in [0.1, 0.15) is 5.75 Å². The molecule has 0 aliphatic rings. The van der Waals surface area contributed by atoms with Crippen LogP contribution in [0.1, 0.15) is 43.1 Å². The molecule has 2 aromatic rings. The Morgan fingerprint density at radius 1 is 1.37 bits per heavy atom. The molecule has 1 aromatic carbocycles. The van der Waals surface area contributed by atoms with E-state index in [1.54, 1.807) is 7.11 Å². The first kappa shape index (κ1) is 13.5. The van der Waals surface area contributed by atoms with E-state index < -0.39 is 0 Å². The van der Waals surface area contributed by atoms with Crippen LogP contribution in [0.4, 0.5) is 0 Å². The van der Waals surface area contributed by atoms with E-state index in [1.807, 2.05) is 24.3 Å². The third-order valence-electron chi connectivity index (χ3n) is 2.94. The minimum Gasteiger partial charge on any atom is -0.496 e. The molecule has 2 rings (SSSR count). The van der Waals surface area contributed by atoms with Crippen LogP contribution in [0, 0.1) is 0 Å². The fraction of sp³-hybridized carbons (Fsp3) is 0.429. The van der Waals surface area contributed by atoms with Crippen molar-refractivity contribution in [2.75, 3.05) is 7.11 Å². The lowest BCUT2D eigenvalue weighted by molar-refractivity contribution is 0.344. The second-order valence-corrected chi connectivity index (χ2v) is 4.43. The van der Waals surface area contributed by atoms with E-state index in [1.165, 1.54) is 0 Å². The van der Waals surface area contributed by atoms with Crippen molar-refractivity contribution in [2.24, 2.45) is 5.73 Å². The summed E-state index contributed by atoms with van der Waals surface area (Å²) in [4.78, 5) is 4.34. The molecule has 0 aliphatic heterocycles. The molecule has 2 N–H and O–H groups in total. The highest BCUT2D eigenvalue weighted by Crippen LogP contribution is 2.21. The van der Waals surface area contributed by atoms with Crippen molar-refractivity contribution < 1.29 is 9.26 Å². The van der Waals surface area contributed by atoms with E-state index >= 15 is 0 Å². The molecular weight excluding hydrogens is 242 g/mol. The quantitative estimate of drug-likeness (QED) is 0.864. The number of ether oxygens (including phenoxy) is 1. The Labute approximate surface area is 112 Å². The van der Waals surface area contributed by atoms with Crippen LogP contribution in [0.15, 0.2) is 28.8 Å². The molecule has 0 unspecified atom stereocenters. The third-order valence-corrected chi connectivity index (χ3v) is 2.94. The van der Waals surface area contributed by atoms with Crippen molar-refractivity contribution in [3.8, 4) is 5.75 Å². The highest BCUT2D eigenvalue weighted by Gasteiger charge is 2.15. The summed E-state index contributed by atoms with van der Waals surface area (Å²) in [6.07, 6.45) is 2.41. The second-order valence-electron chi connectivity index (χ2n) is 4.43. The molecule has 5 heteroatoms. The molecule has 0 fully saturated rings. The largest absolute Gasteiger partial charge is 0.496 e. The van der Waals surface area contributed by atoms with Gasteiger partial charge in [-0.05, 0) is 12.5 Å². The van der Waals surface area contributed by atoms with Crippen molar-refractivity contribution in [3.63, 3.8) is 0 Å². The van der Waals surface area contributed by atoms with E-state index in [4.69, 9.17) is 15.0 Å². The minimum absolute atomic E-state index is 0.177. The molecule has 0 amide bonds. The second kappa shape index (κ2) is 6.33. The number of aromatic nitrogens is 2. The summed E-state index contributed by atoms with van der Waals surface area (Å²) in [7, 11) is 1.65. The maximum absolute atomic E-state index is 5.95. The van der Waals surface area contributed by atoms with Crippen LogP contribution in [0.25, 0.3) is 0 Å². The molecular formula is C14H19N3O2. The zero-order valence-corrected chi connectivity index (χ0v) is 11.3. The summed E-state index contributed by atoms with van der Waals surface area (Å²) in [5, 5.41) is 3.97. The number of nitrogens with two attached hydrogens (primary N) is 1. The number of hydrogen-bond acceptors (Lipinski definition) is 5. The van der Waals surface area contributed by atoms with E-state index in [0.29, 0.717) is 18.1 Å². The summed E-state index contributed by atoms with van der Waals surface area (Å²) in [6.45, 7) is 2.08. The van der Waals surface area contributed by atoms with Gasteiger partial charge in [-0.15, -0.1) is 0 Å². The predicted octanol–water partition coefficient (Wildman–Crippen LogP) is 2.47. The van der Waals surface area contributed by atoms with Gasteiger partial charge in [0.15, 0.2) is 5.82 Å². The molecule has 0 saturated heterocycles. The molecule has 0 spiro atoms. The summed E-state index contributed by atoms with van der Waals surface area (Å²) in [5.41, 5.74) is 6.98. The van der Waals surface area contributed by atoms with Crippen LogP contribution >= 0.6 is 0 Å². The molecule has 19 heavy (non-hydrogen) atoms. The molecule has 1 atom stereocenters. The van der Waals surface area contributed by atoms with Crippen molar-refractivity contribution in [1.82, 2.24) is 10.1 Å². The van der Waals surface area contributed by atoms with Gasteiger partial charge in [0, 0.05) is 12.0 Å². The van der Waals surface area contributed by atoms with Gasteiger partial charge in [-0.1, -0.05) is 36.7 Å². The topological polar surface area (TPSA) is 74.2 Å². The summed E-state index contributed by atoms with van der Waals surface area (Å²) < 4.78 is 10.5. The lowest BCUT2D eigenvalue weighted by Gasteiger charge is -2.05.